The fraction of sp³-hybridized carbons (Fsp3) is 0.538. The van der Waals surface area contributed by atoms with Crippen molar-refractivity contribution in [2.24, 2.45) is 5.92 Å². The number of hydrogen-bond acceptors (Lipinski definition) is 3. The zero-order chi connectivity index (χ0) is 13.9. The Morgan fingerprint density at radius 3 is 2.37 bits per heavy atom. The highest BCUT2D eigenvalue weighted by Gasteiger charge is 2.16. The molecule has 1 heterocycles. The van der Waals surface area contributed by atoms with Gasteiger partial charge in [0.2, 0.25) is 10.0 Å². The molecule has 1 aromatic carbocycles. The molecule has 0 aliphatic carbocycles. The normalized spacial score (nSPS) is 17.5. The third-order valence-corrected chi connectivity index (χ3v) is 5.13. The van der Waals surface area contributed by atoms with Gasteiger partial charge in [0.15, 0.2) is 0 Å². The van der Waals surface area contributed by atoms with Crippen LogP contribution in [0.15, 0.2) is 24.3 Å². The Hall–Kier alpha value is -0.940. The van der Waals surface area contributed by atoms with Gasteiger partial charge < -0.3 is 4.90 Å². The summed E-state index contributed by atoms with van der Waals surface area (Å²) in [6.07, 6.45) is 2.42. The molecule has 0 aromatic heterocycles. The zero-order valence-electron chi connectivity index (χ0n) is 11.0. The molecule has 1 saturated heterocycles. The van der Waals surface area contributed by atoms with Gasteiger partial charge in [0.1, 0.15) is 5.21 Å². The first kappa shape index (κ1) is 14.5. The summed E-state index contributed by atoms with van der Waals surface area (Å²) in [5.41, 5.74) is 1.69. The molecule has 1 aliphatic rings. The minimum atomic E-state index is -3.42. The maximum atomic E-state index is 11.3. The van der Waals surface area contributed by atoms with Crippen LogP contribution in [-0.2, 0) is 10.0 Å². The number of nitrogens with zero attached hydrogens (tertiary/aromatic N) is 1. The third-order valence-electron chi connectivity index (χ3n) is 3.43. The van der Waals surface area contributed by atoms with Gasteiger partial charge >= 0.3 is 0 Å². The van der Waals surface area contributed by atoms with Crippen molar-refractivity contribution in [3.8, 4) is 0 Å². The van der Waals surface area contributed by atoms with E-state index in [1.807, 2.05) is 12.1 Å². The number of alkyl halides is 1. The molecule has 0 bridgehead atoms. The number of piperidine rings is 1. The Balaban J connectivity index is 2.02. The molecule has 19 heavy (non-hydrogen) atoms. The Kier molecular flexibility index (Phi) is 4.58. The predicted molar refractivity (Wildman–Crippen MR) is 80.3 cm³/mol. The number of nitrogens with one attached hydrogen (secondary N) is 1. The van der Waals surface area contributed by atoms with E-state index in [1.54, 1.807) is 12.1 Å². The Morgan fingerprint density at radius 1 is 1.26 bits per heavy atom. The second kappa shape index (κ2) is 6.01. The van der Waals surface area contributed by atoms with Crippen molar-refractivity contribution < 1.29 is 8.42 Å². The zero-order valence-corrected chi connectivity index (χ0v) is 12.5. The molecule has 106 valence electrons. The molecule has 0 spiro atoms. The van der Waals surface area contributed by atoms with Crippen LogP contribution >= 0.6 is 11.6 Å². The van der Waals surface area contributed by atoms with Crippen molar-refractivity contribution in [1.82, 2.24) is 0 Å². The van der Waals surface area contributed by atoms with E-state index in [0.29, 0.717) is 5.69 Å². The summed E-state index contributed by atoms with van der Waals surface area (Å²) in [6, 6.07) is 7.44. The number of rotatable bonds is 4. The van der Waals surface area contributed by atoms with Crippen molar-refractivity contribution in [3.63, 3.8) is 0 Å². The van der Waals surface area contributed by atoms with Gasteiger partial charge in [0.25, 0.3) is 0 Å². The lowest BCUT2D eigenvalue weighted by Gasteiger charge is -2.32. The first-order valence-corrected chi connectivity index (χ1v) is 8.60. The lowest BCUT2D eigenvalue weighted by molar-refractivity contribution is 0.438. The van der Waals surface area contributed by atoms with E-state index >= 15 is 0 Å². The molecule has 2 rings (SSSR count). The molecule has 0 unspecified atom stereocenters. The van der Waals surface area contributed by atoms with Gasteiger partial charge in [-0.2, -0.15) is 0 Å². The van der Waals surface area contributed by atoms with Crippen LogP contribution in [-0.4, -0.2) is 26.7 Å². The van der Waals surface area contributed by atoms with Gasteiger partial charge in [-0.1, -0.05) is 6.92 Å². The Bertz CT molecular complexity index is 508. The number of halogens is 1. The second-order valence-corrected chi connectivity index (χ2v) is 7.35. The molecule has 4 nitrogen and oxygen atoms in total. The van der Waals surface area contributed by atoms with Crippen LogP contribution in [0.3, 0.4) is 0 Å². The van der Waals surface area contributed by atoms with E-state index in [2.05, 4.69) is 16.5 Å². The van der Waals surface area contributed by atoms with Crippen LogP contribution in [0.1, 0.15) is 19.8 Å². The number of anilines is 2. The van der Waals surface area contributed by atoms with Crippen molar-refractivity contribution in [2.75, 3.05) is 27.9 Å². The molecule has 1 N–H and O–H groups in total. The molecule has 1 aliphatic heterocycles. The van der Waals surface area contributed by atoms with E-state index < -0.39 is 15.2 Å². The second-order valence-electron chi connectivity index (χ2n) is 5.04. The van der Waals surface area contributed by atoms with Crippen LogP contribution in [0.25, 0.3) is 0 Å². The molecule has 6 heteroatoms. The van der Waals surface area contributed by atoms with E-state index in [-0.39, 0.29) is 0 Å². The van der Waals surface area contributed by atoms with Crippen molar-refractivity contribution in [1.29, 1.82) is 0 Å². The fourth-order valence-corrected chi connectivity index (χ4v) is 2.93. The Morgan fingerprint density at radius 2 is 1.84 bits per heavy atom. The highest BCUT2D eigenvalue weighted by Crippen LogP contribution is 2.24. The minimum Gasteiger partial charge on any atom is -0.372 e. The SMILES string of the molecule is CC1CCN(c2ccc(NS(=O)(=O)CCl)cc2)CC1. The average Bonchev–Trinajstić information content (AvgIpc) is 2.40. The van der Waals surface area contributed by atoms with E-state index in [0.717, 1.165) is 24.7 Å². The van der Waals surface area contributed by atoms with E-state index in [4.69, 9.17) is 11.6 Å². The van der Waals surface area contributed by atoms with Crippen molar-refractivity contribution in [2.45, 2.75) is 19.8 Å². The van der Waals surface area contributed by atoms with Crippen LogP contribution in [0.2, 0.25) is 0 Å². The molecular formula is C13H19ClN2O2S. The van der Waals surface area contributed by atoms with Gasteiger partial charge in [-0.3, -0.25) is 4.72 Å². The Labute approximate surface area is 119 Å². The smallest absolute Gasteiger partial charge is 0.246 e. The summed E-state index contributed by atoms with van der Waals surface area (Å²) in [4.78, 5) is 2.33. The quantitative estimate of drug-likeness (QED) is 0.870. The van der Waals surface area contributed by atoms with Gasteiger partial charge in [-0.05, 0) is 43.0 Å². The molecular weight excluding hydrogens is 284 g/mol. The lowest BCUT2D eigenvalue weighted by Crippen LogP contribution is -2.32. The number of benzene rings is 1. The van der Waals surface area contributed by atoms with Crippen molar-refractivity contribution in [3.05, 3.63) is 24.3 Å². The maximum Gasteiger partial charge on any atom is 0.246 e. The monoisotopic (exact) mass is 302 g/mol. The van der Waals surface area contributed by atoms with Gasteiger partial charge in [0.05, 0.1) is 0 Å². The highest BCUT2D eigenvalue weighted by atomic mass is 35.5. The number of sulfonamides is 1. The summed E-state index contributed by atoms with van der Waals surface area (Å²) >= 11 is 5.35. The van der Waals surface area contributed by atoms with Crippen molar-refractivity contribution >= 4 is 33.0 Å². The van der Waals surface area contributed by atoms with E-state index in [9.17, 15) is 8.42 Å². The first-order chi connectivity index (χ1) is 9.00. The summed E-state index contributed by atoms with van der Waals surface area (Å²) in [5.74, 6) is 0.797. The lowest BCUT2D eigenvalue weighted by atomic mass is 9.99. The van der Waals surface area contributed by atoms with E-state index in [1.165, 1.54) is 12.8 Å². The van der Waals surface area contributed by atoms with Crippen LogP contribution in [0.5, 0.6) is 0 Å². The molecule has 0 amide bonds. The van der Waals surface area contributed by atoms with Crippen LogP contribution in [0.4, 0.5) is 11.4 Å². The summed E-state index contributed by atoms with van der Waals surface area (Å²) in [7, 11) is -3.42. The van der Waals surface area contributed by atoms with Crippen LogP contribution in [0, 0.1) is 5.92 Å². The molecule has 1 aromatic rings. The van der Waals surface area contributed by atoms with Crippen LogP contribution < -0.4 is 9.62 Å². The summed E-state index contributed by atoms with van der Waals surface area (Å²) in [5, 5.41) is -0.432. The molecule has 0 saturated carbocycles. The van der Waals surface area contributed by atoms with Gasteiger partial charge in [0, 0.05) is 24.5 Å². The van der Waals surface area contributed by atoms with Gasteiger partial charge in [-0.15, -0.1) is 11.6 Å². The first-order valence-electron chi connectivity index (χ1n) is 6.41. The highest BCUT2D eigenvalue weighted by molar-refractivity contribution is 7.93. The third kappa shape index (κ3) is 4.01. The largest absolute Gasteiger partial charge is 0.372 e. The topological polar surface area (TPSA) is 49.4 Å². The maximum absolute atomic E-state index is 11.3. The minimum absolute atomic E-state index is 0.432. The molecule has 0 atom stereocenters. The standard InChI is InChI=1S/C13H19ClN2O2S/c1-11-6-8-16(9-7-11)13-4-2-12(3-5-13)15-19(17,18)10-14/h2-5,11,15H,6-10H2,1H3. The molecule has 1 fully saturated rings. The fourth-order valence-electron chi connectivity index (χ4n) is 2.21. The predicted octanol–water partition coefficient (Wildman–Crippen LogP) is 2.86. The number of hydrogen-bond donors (Lipinski definition) is 1. The summed E-state index contributed by atoms with van der Waals surface area (Å²) in [6.45, 7) is 4.41. The molecule has 0 radical (unpaired) electrons. The summed E-state index contributed by atoms with van der Waals surface area (Å²) < 4.78 is 25.1. The van der Waals surface area contributed by atoms with Gasteiger partial charge in [-0.25, -0.2) is 8.42 Å². The average molecular weight is 303 g/mol.